The van der Waals surface area contributed by atoms with Crippen LogP contribution in [0, 0.1) is 0 Å². The van der Waals surface area contributed by atoms with Crippen molar-refractivity contribution in [1.82, 2.24) is 0 Å². The first-order valence-corrected chi connectivity index (χ1v) is 8.44. The van der Waals surface area contributed by atoms with Crippen molar-refractivity contribution >= 4 is 28.3 Å². The van der Waals surface area contributed by atoms with Crippen LogP contribution in [0.25, 0.3) is 10.8 Å². The number of rotatable bonds is 6. The predicted molar refractivity (Wildman–Crippen MR) is 102 cm³/mol. The van der Waals surface area contributed by atoms with E-state index in [1.165, 1.54) is 0 Å². The van der Waals surface area contributed by atoms with Crippen LogP contribution >= 0.6 is 0 Å². The van der Waals surface area contributed by atoms with E-state index < -0.39 is 12.0 Å². The summed E-state index contributed by atoms with van der Waals surface area (Å²) in [6, 6.07) is 20.2. The Morgan fingerprint density at radius 1 is 1.00 bits per heavy atom. The molecule has 3 aromatic carbocycles. The summed E-state index contributed by atoms with van der Waals surface area (Å²) < 4.78 is 5.98. The highest BCUT2D eigenvalue weighted by Gasteiger charge is 2.21. The highest BCUT2D eigenvalue weighted by atomic mass is 16.5. The molecule has 1 atom stereocenters. The lowest BCUT2D eigenvalue weighted by atomic mass is 10.1. The molecule has 0 aliphatic rings. The lowest BCUT2D eigenvalue weighted by Gasteiger charge is -2.19. The van der Waals surface area contributed by atoms with Crippen LogP contribution in [0.1, 0.15) is 23.7 Å². The molecule has 0 heterocycles. The quantitative estimate of drug-likeness (QED) is 0.712. The molecule has 26 heavy (non-hydrogen) atoms. The van der Waals surface area contributed by atoms with Gasteiger partial charge in [-0.25, -0.2) is 0 Å². The molecule has 0 aliphatic heterocycles. The van der Waals surface area contributed by atoms with Gasteiger partial charge in [-0.3, -0.25) is 9.59 Å². The third kappa shape index (κ3) is 3.67. The molecule has 0 spiro atoms. The zero-order chi connectivity index (χ0) is 18.5. The van der Waals surface area contributed by atoms with E-state index in [0.717, 1.165) is 10.8 Å². The van der Waals surface area contributed by atoms with Crippen LogP contribution in [0.15, 0.2) is 66.7 Å². The average molecular weight is 348 g/mol. The smallest absolute Gasteiger partial charge is 0.265 e. The van der Waals surface area contributed by atoms with E-state index >= 15 is 0 Å². The zero-order valence-electron chi connectivity index (χ0n) is 14.4. The van der Waals surface area contributed by atoms with Gasteiger partial charge in [0.15, 0.2) is 6.10 Å². The molecule has 0 bridgehead atoms. The topological polar surface area (TPSA) is 81.4 Å². The van der Waals surface area contributed by atoms with Crippen molar-refractivity contribution < 1.29 is 14.3 Å². The van der Waals surface area contributed by atoms with Gasteiger partial charge >= 0.3 is 0 Å². The van der Waals surface area contributed by atoms with Crippen LogP contribution in [-0.4, -0.2) is 17.9 Å². The fraction of sp³-hybridized carbons (Fsp3) is 0.143. The second-order valence-corrected chi connectivity index (χ2v) is 5.89. The third-order valence-corrected chi connectivity index (χ3v) is 4.13. The molecule has 132 valence electrons. The summed E-state index contributed by atoms with van der Waals surface area (Å²) in [6.07, 6.45) is -0.213. The first kappa shape index (κ1) is 17.5. The number of hydrogen-bond donors (Lipinski definition) is 2. The SMILES string of the molecule is CC[C@@H](Oc1cccc2ccccc12)C(=O)Nc1ccccc1C(N)=O. The summed E-state index contributed by atoms with van der Waals surface area (Å²) in [5, 5.41) is 4.73. The molecule has 3 aromatic rings. The highest BCUT2D eigenvalue weighted by molar-refractivity contribution is 6.04. The molecule has 3 rings (SSSR count). The fourth-order valence-corrected chi connectivity index (χ4v) is 2.79. The van der Waals surface area contributed by atoms with Gasteiger partial charge < -0.3 is 15.8 Å². The number of primary amides is 1. The Hall–Kier alpha value is -3.34. The second-order valence-electron chi connectivity index (χ2n) is 5.89. The molecular formula is C21H20N2O3. The molecule has 5 heteroatoms. The molecule has 2 amide bonds. The summed E-state index contributed by atoms with van der Waals surface area (Å²) >= 11 is 0. The van der Waals surface area contributed by atoms with Crippen LogP contribution < -0.4 is 15.8 Å². The summed E-state index contributed by atoms with van der Waals surface area (Å²) in [4.78, 5) is 24.2. The first-order valence-electron chi connectivity index (χ1n) is 8.44. The minimum atomic E-state index is -0.693. The molecular weight excluding hydrogens is 328 g/mol. The minimum Gasteiger partial charge on any atom is -0.480 e. The van der Waals surface area contributed by atoms with Crippen LogP contribution in [-0.2, 0) is 4.79 Å². The van der Waals surface area contributed by atoms with Crippen molar-refractivity contribution in [3.8, 4) is 5.75 Å². The van der Waals surface area contributed by atoms with Crippen molar-refractivity contribution in [1.29, 1.82) is 0 Å². The van der Waals surface area contributed by atoms with Gasteiger partial charge in [-0.2, -0.15) is 0 Å². The largest absolute Gasteiger partial charge is 0.480 e. The van der Waals surface area contributed by atoms with Crippen LogP contribution in [0.4, 0.5) is 5.69 Å². The Balaban J connectivity index is 1.83. The number of benzene rings is 3. The first-order chi connectivity index (χ1) is 12.6. The van der Waals surface area contributed by atoms with Crippen molar-refractivity contribution in [3.63, 3.8) is 0 Å². The molecule has 0 radical (unpaired) electrons. The molecule has 3 N–H and O–H groups in total. The van der Waals surface area contributed by atoms with Crippen molar-refractivity contribution in [2.75, 3.05) is 5.32 Å². The zero-order valence-corrected chi connectivity index (χ0v) is 14.4. The van der Waals surface area contributed by atoms with Crippen LogP contribution in [0.3, 0.4) is 0 Å². The summed E-state index contributed by atoms with van der Waals surface area (Å²) in [6.45, 7) is 1.87. The lowest BCUT2D eigenvalue weighted by molar-refractivity contribution is -0.122. The number of nitrogens with two attached hydrogens (primary N) is 1. The van der Waals surface area contributed by atoms with Crippen molar-refractivity contribution in [2.45, 2.75) is 19.4 Å². The third-order valence-electron chi connectivity index (χ3n) is 4.13. The second kappa shape index (κ2) is 7.70. The average Bonchev–Trinajstić information content (AvgIpc) is 2.66. The van der Waals surface area contributed by atoms with E-state index in [0.29, 0.717) is 17.9 Å². The number of ether oxygens (including phenoxy) is 1. The van der Waals surface area contributed by atoms with Crippen molar-refractivity contribution in [2.24, 2.45) is 5.73 Å². The van der Waals surface area contributed by atoms with Crippen molar-refractivity contribution in [3.05, 3.63) is 72.3 Å². The monoisotopic (exact) mass is 348 g/mol. The normalized spacial score (nSPS) is 11.7. The molecule has 0 aromatic heterocycles. The Morgan fingerprint density at radius 2 is 1.69 bits per heavy atom. The van der Waals surface area contributed by atoms with Gasteiger partial charge in [-0.15, -0.1) is 0 Å². The number of para-hydroxylation sites is 1. The number of carbonyl (C=O) groups is 2. The number of hydrogen-bond acceptors (Lipinski definition) is 3. The van der Waals surface area contributed by atoms with Crippen LogP contribution in [0.5, 0.6) is 5.75 Å². The van der Waals surface area contributed by atoms with E-state index in [9.17, 15) is 9.59 Å². The molecule has 0 fully saturated rings. The highest BCUT2D eigenvalue weighted by Crippen LogP contribution is 2.27. The summed E-state index contributed by atoms with van der Waals surface area (Å²) in [7, 11) is 0. The van der Waals surface area contributed by atoms with Gasteiger partial charge in [0.1, 0.15) is 5.75 Å². The maximum absolute atomic E-state index is 12.7. The number of nitrogens with one attached hydrogen (secondary N) is 1. The van der Waals surface area contributed by atoms with Gasteiger partial charge in [-0.1, -0.05) is 55.5 Å². The molecule has 0 saturated carbocycles. The van der Waals surface area contributed by atoms with E-state index in [4.69, 9.17) is 10.5 Å². The van der Waals surface area contributed by atoms with Gasteiger partial charge in [0.05, 0.1) is 11.3 Å². The summed E-state index contributed by atoms with van der Waals surface area (Å²) in [5.41, 5.74) is 6.01. The molecule has 0 saturated heterocycles. The molecule has 5 nitrogen and oxygen atoms in total. The molecule has 0 aliphatic carbocycles. The standard InChI is InChI=1S/C21H20N2O3/c1-2-18(21(25)23-17-12-6-5-11-16(17)20(22)24)26-19-13-7-9-14-8-3-4-10-15(14)19/h3-13,18H,2H2,1H3,(H2,22,24)(H,23,25)/t18-/m1/s1. The van der Waals surface area contributed by atoms with E-state index in [2.05, 4.69) is 5.32 Å². The maximum atomic E-state index is 12.7. The van der Waals surface area contributed by atoms with Gasteiger partial charge in [0.25, 0.3) is 11.8 Å². The maximum Gasteiger partial charge on any atom is 0.265 e. The minimum absolute atomic E-state index is 0.265. The fourth-order valence-electron chi connectivity index (χ4n) is 2.79. The Labute approximate surface area is 151 Å². The van der Waals surface area contributed by atoms with Gasteiger partial charge in [0.2, 0.25) is 0 Å². The van der Waals surface area contributed by atoms with Crippen LogP contribution in [0.2, 0.25) is 0 Å². The number of fused-ring (bicyclic) bond motifs is 1. The lowest BCUT2D eigenvalue weighted by Crippen LogP contribution is -2.33. The number of anilines is 1. The Bertz CT molecular complexity index is 947. The predicted octanol–water partition coefficient (Wildman–Crippen LogP) is 3.73. The Kier molecular flexibility index (Phi) is 5.17. The van der Waals surface area contributed by atoms with E-state index in [1.54, 1.807) is 24.3 Å². The molecule has 0 unspecified atom stereocenters. The Morgan fingerprint density at radius 3 is 2.46 bits per heavy atom. The van der Waals surface area contributed by atoms with Gasteiger partial charge in [0, 0.05) is 5.39 Å². The van der Waals surface area contributed by atoms with Gasteiger partial charge in [-0.05, 0) is 30.0 Å². The van der Waals surface area contributed by atoms with E-state index in [-0.39, 0.29) is 11.5 Å². The van der Waals surface area contributed by atoms with E-state index in [1.807, 2.05) is 49.4 Å². The number of carbonyl (C=O) groups excluding carboxylic acids is 2. The summed E-state index contributed by atoms with van der Waals surface area (Å²) in [5.74, 6) is -0.272. The number of amides is 2.